The van der Waals surface area contributed by atoms with Crippen molar-refractivity contribution < 1.29 is 27.1 Å². The van der Waals surface area contributed by atoms with Crippen molar-refractivity contribution >= 4 is 16.0 Å². The Morgan fingerprint density at radius 1 is 1.33 bits per heavy atom. The average molecular weight is 359 g/mol. The molecular formula is C14H15F2N3O4S. The van der Waals surface area contributed by atoms with E-state index in [-0.39, 0.29) is 10.9 Å². The van der Waals surface area contributed by atoms with Crippen LogP contribution in [0.25, 0.3) is 0 Å². The lowest BCUT2D eigenvalue weighted by atomic mass is 10.1. The number of imidazole rings is 1. The molecule has 0 radical (unpaired) electrons. The number of nitrogens with zero attached hydrogens (tertiary/aromatic N) is 1. The summed E-state index contributed by atoms with van der Waals surface area (Å²) in [6.45, 7) is 3.57. The molecule has 10 heteroatoms. The summed E-state index contributed by atoms with van der Waals surface area (Å²) in [6.07, 6.45) is 1.03. The first-order valence-electron chi connectivity index (χ1n) is 6.87. The van der Waals surface area contributed by atoms with E-state index in [2.05, 4.69) is 9.97 Å². The number of hydrogen-bond donors (Lipinski definition) is 3. The molecule has 1 heterocycles. The zero-order valence-electron chi connectivity index (χ0n) is 12.7. The van der Waals surface area contributed by atoms with E-state index in [4.69, 9.17) is 0 Å². The average Bonchev–Trinajstić information content (AvgIpc) is 2.98. The summed E-state index contributed by atoms with van der Waals surface area (Å²) < 4.78 is 53.5. The number of rotatable bonds is 6. The summed E-state index contributed by atoms with van der Waals surface area (Å²) in [4.78, 5) is 17.8. The lowest BCUT2D eigenvalue weighted by molar-refractivity contribution is -0.139. The van der Waals surface area contributed by atoms with Crippen LogP contribution in [0.1, 0.15) is 37.2 Å². The van der Waals surface area contributed by atoms with Crippen molar-refractivity contribution in [2.24, 2.45) is 0 Å². The molecule has 1 aromatic carbocycles. The molecular weight excluding hydrogens is 344 g/mol. The summed E-state index contributed by atoms with van der Waals surface area (Å²) in [5, 5.41) is 8.84. The largest absolute Gasteiger partial charge is 0.480 e. The molecule has 130 valence electrons. The number of aromatic amines is 1. The van der Waals surface area contributed by atoms with Crippen molar-refractivity contribution in [2.75, 3.05) is 0 Å². The Bertz CT molecular complexity index is 865. The van der Waals surface area contributed by atoms with E-state index in [1.54, 1.807) is 13.8 Å². The second-order valence-corrected chi connectivity index (χ2v) is 7.03. The van der Waals surface area contributed by atoms with Crippen molar-refractivity contribution in [2.45, 2.75) is 30.8 Å². The Morgan fingerprint density at radius 2 is 2.00 bits per heavy atom. The van der Waals surface area contributed by atoms with Crippen LogP contribution < -0.4 is 4.72 Å². The highest BCUT2D eigenvalue weighted by Crippen LogP contribution is 2.22. The Balaban J connectivity index is 2.39. The number of carboxylic acids is 1. The van der Waals surface area contributed by atoms with Gasteiger partial charge in [0, 0.05) is 11.5 Å². The van der Waals surface area contributed by atoms with Gasteiger partial charge < -0.3 is 10.1 Å². The second-order valence-electron chi connectivity index (χ2n) is 5.35. The van der Waals surface area contributed by atoms with Crippen LogP contribution in [0.2, 0.25) is 0 Å². The fourth-order valence-corrected chi connectivity index (χ4v) is 3.05. The molecule has 0 aliphatic rings. The highest BCUT2D eigenvalue weighted by atomic mass is 32.2. The number of halogens is 2. The first kappa shape index (κ1) is 18.0. The number of hydrogen-bond acceptors (Lipinski definition) is 4. The molecule has 0 aliphatic carbocycles. The van der Waals surface area contributed by atoms with E-state index < -0.39 is 39.2 Å². The number of nitrogens with one attached hydrogen (secondary N) is 2. The summed E-state index contributed by atoms with van der Waals surface area (Å²) >= 11 is 0. The molecule has 24 heavy (non-hydrogen) atoms. The Morgan fingerprint density at radius 3 is 2.54 bits per heavy atom. The van der Waals surface area contributed by atoms with Crippen molar-refractivity contribution in [1.29, 1.82) is 0 Å². The highest BCUT2D eigenvalue weighted by Gasteiger charge is 2.30. The number of benzene rings is 1. The van der Waals surface area contributed by atoms with E-state index in [9.17, 15) is 27.1 Å². The first-order chi connectivity index (χ1) is 11.1. The van der Waals surface area contributed by atoms with Gasteiger partial charge in [0.25, 0.3) is 10.0 Å². The molecule has 7 nitrogen and oxygen atoms in total. The van der Waals surface area contributed by atoms with Crippen molar-refractivity contribution in [3.05, 3.63) is 47.4 Å². The summed E-state index contributed by atoms with van der Waals surface area (Å²) in [7, 11) is -4.33. The Kier molecular flexibility index (Phi) is 4.99. The lowest BCUT2D eigenvalue weighted by Crippen LogP contribution is -2.34. The molecule has 0 spiro atoms. The maximum absolute atomic E-state index is 13.8. The summed E-state index contributed by atoms with van der Waals surface area (Å²) in [6, 6.07) is 0.165. The van der Waals surface area contributed by atoms with Crippen LogP contribution in [0.3, 0.4) is 0 Å². The number of H-pyrrole nitrogens is 1. The van der Waals surface area contributed by atoms with Gasteiger partial charge in [-0.1, -0.05) is 13.8 Å². The molecule has 3 N–H and O–H groups in total. The van der Waals surface area contributed by atoms with Gasteiger partial charge in [-0.05, 0) is 18.2 Å². The number of carboxylic acid groups (broad SMARTS) is 1. The minimum absolute atomic E-state index is 0.0788. The third kappa shape index (κ3) is 3.77. The number of aliphatic carboxylic acids is 1. The predicted molar refractivity (Wildman–Crippen MR) is 79.7 cm³/mol. The van der Waals surface area contributed by atoms with Crippen molar-refractivity contribution in [3.63, 3.8) is 0 Å². The topological polar surface area (TPSA) is 112 Å². The van der Waals surface area contributed by atoms with Gasteiger partial charge >= 0.3 is 5.97 Å². The lowest BCUT2D eigenvalue weighted by Gasteiger charge is -2.15. The van der Waals surface area contributed by atoms with Crippen LogP contribution in [0.15, 0.2) is 29.4 Å². The van der Waals surface area contributed by atoms with Crippen LogP contribution >= 0.6 is 0 Å². The monoisotopic (exact) mass is 359 g/mol. The van der Waals surface area contributed by atoms with Crippen LogP contribution in [-0.2, 0) is 14.8 Å². The zero-order chi connectivity index (χ0) is 18.1. The molecule has 1 atom stereocenters. The zero-order valence-corrected chi connectivity index (χ0v) is 13.6. The van der Waals surface area contributed by atoms with Gasteiger partial charge in [0.15, 0.2) is 5.03 Å². The molecule has 0 amide bonds. The van der Waals surface area contributed by atoms with Crippen LogP contribution in [0, 0.1) is 11.6 Å². The summed E-state index contributed by atoms with van der Waals surface area (Å²) in [5.74, 6) is -3.30. The third-order valence-corrected chi connectivity index (χ3v) is 4.53. The van der Waals surface area contributed by atoms with Crippen molar-refractivity contribution in [1.82, 2.24) is 14.7 Å². The van der Waals surface area contributed by atoms with E-state index in [0.717, 1.165) is 18.3 Å². The molecule has 0 fully saturated rings. The minimum atomic E-state index is -4.33. The highest BCUT2D eigenvalue weighted by molar-refractivity contribution is 7.89. The van der Waals surface area contributed by atoms with Gasteiger partial charge in [-0.3, -0.25) is 4.79 Å². The molecule has 0 bridgehead atoms. The van der Waals surface area contributed by atoms with E-state index in [1.807, 2.05) is 4.72 Å². The fourth-order valence-electron chi connectivity index (χ4n) is 1.95. The van der Waals surface area contributed by atoms with Gasteiger partial charge in [0.05, 0.1) is 6.20 Å². The predicted octanol–water partition coefficient (Wildman–Crippen LogP) is 1.92. The van der Waals surface area contributed by atoms with Crippen molar-refractivity contribution in [3.8, 4) is 0 Å². The standard InChI is InChI=1S/C14H15F2N3O4S/c1-7(2)13-17-6-11(18-13)24(22,23)19-12(14(20)21)9-5-8(15)3-4-10(9)16/h3-7,12,19H,1-2H3,(H,17,18)(H,20,21). The molecule has 1 unspecified atom stereocenters. The molecule has 0 saturated heterocycles. The molecule has 2 rings (SSSR count). The minimum Gasteiger partial charge on any atom is -0.480 e. The number of carbonyl (C=O) groups is 1. The van der Waals surface area contributed by atoms with Gasteiger partial charge in [0.2, 0.25) is 0 Å². The SMILES string of the molecule is CC(C)c1ncc(S(=O)(=O)NC(C(=O)O)c2cc(F)ccc2F)[nH]1. The van der Waals surface area contributed by atoms with Gasteiger partial charge in [-0.25, -0.2) is 22.2 Å². The summed E-state index contributed by atoms with van der Waals surface area (Å²) in [5.41, 5.74) is -0.630. The van der Waals surface area contributed by atoms with Crippen LogP contribution in [-0.4, -0.2) is 29.5 Å². The smallest absolute Gasteiger partial charge is 0.326 e. The molecule has 0 saturated carbocycles. The van der Waals surface area contributed by atoms with Gasteiger partial charge in [0.1, 0.15) is 23.5 Å². The van der Waals surface area contributed by atoms with E-state index >= 15 is 0 Å². The molecule has 1 aromatic heterocycles. The van der Waals surface area contributed by atoms with E-state index in [0.29, 0.717) is 11.9 Å². The van der Waals surface area contributed by atoms with Crippen LogP contribution in [0.4, 0.5) is 8.78 Å². The first-order valence-corrected chi connectivity index (χ1v) is 8.35. The Hall–Kier alpha value is -2.33. The normalized spacial score (nSPS) is 13.2. The van der Waals surface area contributed by atoms with Gasteiger partial charge in [-0.15, -0.1) is 0 Å². The maximum Gasteiger partial charge on any atom is 0.326 e. The molecule has 2 aromatic rings. The number of aromatic nitrogens is 2. The fraction of sp³-hybridized carbons (Fsp3) is 0.286. The second kappa shape index (κ2) is 6.65. The van der Waals surface area contributed by atoms with E-state index in [1.165, 1.54) is 0 Å². The Labute approximate surface area is 136 Å². The van der Waals surface area contributed by atoms with Gasteiger partial charge in [-0.2, -0.15) is 4.72 Å². The third-order valence-electron chi connectivity index (χ3n) is 3.20. The number of sulfonamides is 1. The van der Waals surface area contributed by atoms with Crippen LogP contribution in [0.5, 0.6) is 0 Å². The molecule has 0 aliphatic heterocycles. The quantitative estimate of drug-likeness (QED) is 0.729. The maximum atomic E-state index is 13.8.